The number of aliphatic hydroxyl groups is 2. The number of benzene rings is 11. The lowest BCUT2D eigenvalue weighted by Gasteiger charge is -2.46. The van der Waals surface area contributed by atoms with Crippen molar-refractivity contribution in [3.8, 4) is 22.3 Å². The third kappa shape index (κ3) is 8.63. The van der Waals surface area contributed by atoms with Crippen molar-refractivity contribution in [2.45, 2.75) is 78.9 Å². The van der Waals surface area contributed by atoms with Crippen molar-refractivity contribution >= 4 is 107 Å². The number of aryl methyl sites for hydroxylation is 2. The van der Waals surface area contributed by atoms with Crippen LogP contribution in [-0.2, 0) is 16.6 Å². The summed E-state index contributed by atoms with van der Waals surface area (Å²) >= 11 is 0. The smallest absolute Gasteiger partial charge is 0.252 e. The fourth-order valence-electron chi connectivity index (χ4n) is 13.3. The number of hydrogen-bond donors (Lipinski definition) is 2. The standard InChI is InChI=1S/C76H66BN3O3/c1-47-41-51(59-28-20-29-61-60-27-18-19-30-69(60)83-73(59)61)42-48(2)72(47)80-66-46-57(78(55-24-14-11-15-25-55)65-39-31-49-21-16-17-26-58(49)70(65)50-22-12-10-13-23-50)37-38-62(66)77-63-43-53(76(9,81)82)34-40-64(63)79(56-35-32-52(33-36-56)74(3,4)5)67-44-54(75(6,7)8)45-68(80)71(67)77/h10-46,81-82H,1-9H3. The molecule has 0 amide bonds. The summed E-state index contributed by atoms with van der Waals surface area (Å²) in [7, 11) is 0. The van der Waals surface area contributed by atoms with Crippen molar-refractivity contribution in [3.05, 3.63) is 252 Å². The molecule has 0 fully saturated rings. The van der Waals surface area contributed by atoms with Crippen LogP contribution in [-0.4, -0.2) is 16.9 Å². The van der Waals surface area contributed by atoms with Crippen molar-refractivity contribution in [2.24, 2.45) is 0 Å². The molecule has 0 unspecified atom stereocenters. The Morgan fingerprint density at radius 1 is 0.446 bits per heavy atom. The number of furan rings is 1. The summed E-state index contributed by atoms with van der Waals surface area (Å²) < 4.78 is 6.69. The molecule has 83 heavy (non-hydrogen) atoms. The van der Waals surface area contributed by atoms with Crippen LogP contribution in [0.1, 0.15) is 76.3 Å². The van der Waals surface area contributed by atoms with Crippen LogP contribution in [0.4, 0.5) is 51.2 Å². The van der Waals surface area contributed by atoms with Crippen molar-refractivity contribution in [1.29, 1.82) is 0 Å². The van der Waals surface area contributed by atoms with Crippen LogP contribution < -0.4 is 31.1 Å². The molecular weight excluding hydrogens is 1010 g/mol. The van der Waals surface area contributed by atoms with Gasteiger partial charge in [0.15, 0.2) is 5.79 Å². The fraction of sp³-hybridized carbons (Fsp3) is 0.158. The van der Waals surface area contributed by atoms with Gasteiger partial charge < -0.3 is 29.3 Å². The van der Waals surface area contributed by atoms with Crippen LogP contribution in [0.5, 0.6) is 0 Å². The molecule has 11 aromatic carbocycles. The molecular formula is C76H66BN3O3. The van der Waals surface area contributed by atoms with Gasteiger partial charge in [0.05, 0.1) is 11.4 Å². The third-order valence-corrected chi connectivity index (χ3v) is 17.4. The predicted molar refractivity (Wildman–Crippen MR) is 349 cm³/mol. The third-order valence-electron chi connectivity index (χ3n) is 17.4. The van der Waals surface area contributed by atoms with Crippen molar-refractivity contribution < 1.29 is 14.6 Å². The van der Waals surface area contributed by atoms with Gasteiger partial charge in [0.25, 0.3) is 6.71 Å². The molecule has 0 saturated carbocycles. The minimum absolute atomic E-state index is 0.0449. The number of fused-ring (bicyclic) bond motifs is 8. The summed E-state index contributed by atoms with van der Waals surface area (Å²) in [6.07, 6.45) is 0. The Balaban J connectivity index is 1.08. The average Bonchev–Trinajstić information content (AvgIpc) is 2.16. The van der Waals surface area contributed by atoms with Gasteiger partial charge in [-0.2, -0.15) is 0 Å². The molecule has 406 valence electrons. The zero-order valence-electron chi connectivity index (χ0n) is 48.6. The molecule has 14 rings (SSSR count). The van der Waals surface area contributed by atoms with Crippen LogP contribution in [0.3, 0.4) is 0 Å². The molecule has 6 nitrogen and oxygen atoms in total. The minimum Gasteiger partial charge on any atom is -0.455 e. The summed E-state index contributed by atoms with van der Waals surface area (Å²) in [5.41, 5.74) is 23.6. The van der Waals surface area contributed by atoms with Crippen LogP contribution in [0, 0.1) is 13.8 Å². The maximum absolute atomic E-state index is 11.5. The fourth-order valence-corrected chi connectivity index (χ4v) is 13.3. The molecule has 3 heterocycles. The summed E-state index contributed by atoms with van der Waals surface area (Å²) in [6, 6.07) is 81.1. The first-order valence-electron chi connectivity index (χ1n) is 29.0. The van der Waals surface area contributed by atoms with E-state index in [0.29, 0.717) is 5.56 Å². The average molecular weight is 1080 g/mol. The van der Waals surface area contributed by atoms with E-state index in [9.17, 15) is 10.2 Å². The van der Waals surface area contributed by atoms with Gasteiger partial charge in [-0.05, 0) is 171 Å². The van der Waals surface area contributed by atoms with Crippen molar-refractivity contribution in [3.63, 3.8) is 0 Å². The number of nitrogens with zero attached hydrogens (tertiary/aromatic N) is 3. The summed E-state index contributed by atoms with van der Waals surface area (Å²) in [5.74, 6) is -2.09. The predicted octanol–water partition coefficient (Wildman–Crippen LogP) is 18.0. The Kier molecular flexibility index (Phi) is 12.0. The molecule has 2 N–H and O–H groups in total. The van der Waals surface area contributed by atoms with Crippen molar-refractivity contribution in [1.82, 2.24) is 0 Å². The monoisotopic (exact) mass is 1080 g/mol. The lowest BCUT2D eigenvalue weighted by Crippen LogP contribution is -2.61. The van der Waals surface area contributed by atoms with Gasteiger partial charge in [-0.15, -0.1) is 0 Å². The van der Waals surface area contributed by atoms with E-state index in [-0.39, 0.29) is 17.5 Å². The van der Waals surface area contributed by atoms with Crippen molar-refractivity contribution in [2.75, 3.05) is 14.7 Å². The second kappa shape index (κ2) is 19.2. The second-order valence-electron chi connectivity index (χ2n) is 25.1. The molecule has 1 aromatic heterocycles. The first-order valence-corrected chi connectivity index (χ1v) is 29.0. The highest BCUT2D eigenvalue weighted by Crippen LogP contribution is 2.51. The Morgan fingerprint density at radius 2 is 1.07 bits per heavy atom. The molecule has 2 aliphatic rings. The summed E-state index contributed by atoms with van der Waals surface area (Å²) in [4.78, 5) is 7.40. The topological polar surface area (TPSA) is 63.3 Å². The van der Waals surface area contributed by atoms with Gasteiger partial charge in [-0.3, -0.25) is 0 Å². The molecule has 12 aromatic rings. The van der Waals surface area contributed by atoms with E-state index in [1.165, 1.54) is 28.8 Å². The van der Waals surface area contributed by atoms with E-state index in [4.69, 9.17) is 4.42 Å². The maximum Gasteiger partial charge on any atom is 0.252 e. The SMILES string of the molecule is Cc1cc(-c2cccc3c2oc2ccccc23)cc(C)c1N1c2cc(N(c3ccccc3)c3ccc4ccccc4c3-c3ccccc3)ccc2B2c3cc(C(C)(O)O)ccc3N(c3ccc(C(C)(C)C)cc3)c3cc(C(C)(C)C)cc1c32. The van der Waals surface area contributed by atoms with E-state index >= 15 is 0 Å². The highest BCUT2D eigenvalue weighted by atomic mass is 16.5. The number of rotatable bonds is 8. The van der Waals surface area contributed by atoms with Gasteiger partial charge in [0.2, 0.25) is 0 Å². The largest absolute Gasteiger partial charge is 0.455 e. The Hall–Kier alpha value is -9.14. The summed E-state index contributed by atoms with van der Waals surface area (Å²) in [6.45, 7) is 19.3. The van der Waals surface area contributed by atoms with E-state index in [0.717, 1.165) is 123 Å². The van der Waals surface area contributed by atoms with E-state index in [1.807, 2.05) is 18.2 Å². The van der Waals surface area contributed by atoms with E-state index in [2.05, 4.69) is 276 Å². The zero-order chi connectivity index (χ0) is 57.3. The lowest BCUT2D eigenvalue weighted by atomic mass is 9.33. The highest BCUT2D eigenvalue weighted by Gasteiger charge is 2.46. The van der Waals surface area contributed by atoms with Gasteiger partial charge in [-0.25, -0.2) is 0 Å². The molecule has 0 radical (unpaired) electrons. The summed E-state index contributed by atoms with van der Waals surface area (Å²) in [5, 5.41) is 27.5. The molecule has 2 aliphatic heterocycles. The molecule has 0 aliphatic carbocycles. The molecule has 0 bridgehead atoms. The molecule has 0 atom stereocenters. The molecule has 0 spiro atoms. The highest BCUT2D eigenvalue weighted by molar-refractivity contribution is 7.00. The van der Waals surface area contributed by atoms with Crippen LogP contribution in [0.25, 0.3) is 55.0 Å². The Bertz CT molecular complexity index is 4520. The van der Waals surface area contributed by atoms with Crippen LogP contribution >= 0.6 is 0 Å². The second-order valence-corrected chi connectivity index (χ2v) is 25.1. The zero-order valence-corrected chi connectivity index (χ0v) is 48.6. The number of para-hydroxylation sites is 3. The van der Waals surface area contributed by atoms with Gasteiger partial charge in [-0.1, -0.05) is 187 Å². The van der Waals surface area contributed by atoms with Gasteiger partial charge in [0.1, 0.15) is 11.2 Å². The Labute approximate surface area is 487 Å². The van der Waals surface area contributed by atoms with E-state index < -0.39 is 5.79 Å². The number of hydrogen-bond acceptors (Lipinski definition) is 6. The minimum atomic E-state index is -2.09. The maximum atomic E-state index is 11.5. The lowest BCUT2D eigenvalue weighted by molar-refractivity contribution is -0.152. The molecule has 7 heteroatoms. The first kappa shape index (κ1) is 52.0. The first-order chi connectivity index (χ1) is 39.9. The number of anilines is 9. The molecule has 0 saturated heterocycles. The normalized spacial score (nSPS) is 13.2. The Morgan fingerprint density at radius 3 is 1.77 bits per heavy atom. The quantitative estimate of drug-likeness (QED) is 0.117. The van der Waals surface area contributed by atoms with Gasteiger partial charge in [0, 0.05) is 67.3 Å². The van der Waals surface area contributed by atoms with Crippen LogP contribution in [0.15, 0.2) is 229 Å². The van der Waals surface area contributed by atoms with E-state index in [1.54, 1.807) is 0 Å². The van der Waals surface area contributed by atoms with Crippen LogP contribution in [0.2, 0.25) is 0 Å². The van der Waals surface area contributed by atoms with Gasteiger partial charge >= 0.3 is 0 Å².